The van der Waals surface area contributed by atoms with Crippen molar-refractivity contribution in [2.75, 3.05) is 18.5 Å². The maximum atomic E-state index is 12.6. The standard InChI is InChI=1S/C23H34BrNO3/c1-2-17-25(23(26)28-19-20-10-6-5-7-11-20)21-12-14-22(15-13-21)27-18-9-4-3-8-16-24/h2,5-7,10-11,21-22H,1,3-4,8-9,12-19H2/t21-,22-. The van der Waals surface area contributed by atoms with Gasteiger partial charge in [-0.15, -0.1) is 6.58 Å². The van der Waals surface area contributed by atoms with Crippen LogP contribution in [0.1, 0.15) is 56.9 Å². The van der Waals surface area contributed by atoms with Gasteiger partial charge in [0.05, 0.1) is 6.10 Å². The first-order chi connectivity index (χ1) is 13.7. The lowest BCUT2D eigenvalue weighted by atomic mass is 9.92. The zero-order valence-electron chi connectivity index (χ0n) is 16.9. The molecule has 1 aromatic carbocycles. The first-order valence-electron chi connectivity index (χ1n) is 10.5. The first-order valence-corrected chi connectivity index (χ1v) is 11.6. The number of nitrogens with zero attached hydrogens (tertiary/aromatic N) is 1. The summed E-state index contributed by atoms with van der Waals surface area (Å²) in [6, 6.07) is 10.0. The van der Waals surface area contributed by atoms with Crippen LogP contribution in [0, 0.1) is 0 Å². The van der Waals surface area contributed by atoms with Crippen molar-refractivity contribution < 1.29 is 14.3 Å². The van der Waals surface area contributed by atoms with Gasteiger partial charge in [-0.2, -0.15) is 0 Å². The fraction of sp³-hybridized carbons (Fsp3) is 0.609. The highest BCUT2D eigenvalue weighted by molar-refractivity contribution is 9.09. The SMILES string of the molecule is C=CCN(C(=O)OCc1ccccc1)[C@H]1CC[C@H](OCCCCCCBr)CC1. The van der Waals surface area contributed by atoms with Gasteiger partial charge in [-0.25, -0.2) is 4.79 Å². The van der Waals surface area contributed by atoms with Gasteiger partial charge in [0, 0.05) is 24.5 Å². The van der Waals surface area contributed by atoms with Gasteiger partial charge in [0.25, 0.3) is 0 Å². The molecule has 0 unspecified atom stereocenters. The van der Waals surface area contributed by atoms with Crippen molar-refractivity contribution >= 4 is 22.0 Å². The van der Waals surface area contributed by atoms with E-state index in [1.165, 1.54) is 19.3 Å². The zero-order chi connectivity index (χ0) is 20.0. The molecule has 0 bridgehead atoms. The van der Waals surface area contributed by atoms with Gasteiger partial charge in [0.2, 0.25) is 0 Å². The van der Waals surface area contributed by atoms with Crippen LogP contribution in [-0.4, -0.2) is 41.6 Å². The monoisotopic (exact) mass is 451 g/mol. The van der Waals surface area contributed by atoms with E-state index in [1.807, 2.05) is 35.2 Å². The quantitative estimate of drug-likeness (QED) is 0.219. The second-order valence-electron chi connectivity index (χ2n) is 7.39. The third-order valence-electron chi connectivity index (χ3n) is 5.23. The number of unbranched alkanes of at least 4 members (excludes halogenated alkanes) is 3. The summed E-state index contributed by atoms with van der Waals surface area (Å²) in [6.45, 7) is 5.49. The zero-order valence-corrected chi connectivity index (χ0v) is 18.4. The molecule has 156 valence electrons. The van der Waals surface area contributed by atoms with Gasteiger partial charge in [-0.3, -0.25) is 0 Å². The lowest BCUT2D eigenvalue weighted by molar-refractivity contribution is 0.00497. The van der Waals surface area contributed by atoms with Crippen LogP contribution in [0.2, 0.25) is 0 Å². The Morgan fingerprint density at radius 2 is 1.82 bits per heavy atom. The molecule has 0 heterocycles. The molecule has 5 heteroatoms. The summed E-state index contributed by atoms with van der Waals surface area (Å²) < 4.78 is 11.6. The molecule has 1 fully saturated rings. The average molecular weight is 452 g/mol. The molecule has 1 saturated carbocycles. The Labute approximate surface area is 178 Å². The van der Waals surface area contributed by atoms with Crippen LogP contribution in [0.5, 0.6) is 0 Å². The Bertz CT molecular complexity index is 558. The van der Waals surface area contributed by atoms with E-state index in [0.717, 1.165) is 49.6 Å². The Morgan fingerprint density at radius 1 is 1.11 bits per heavy atom. The van der Waals surface area contributed by atoms with Crippen molar-refractivity contribution in [2.45, 2.75) is 70.1 Å². The summed E-state index contributed by atoms with van der Waals surface area (Å²) in [5, 5.41) is 1.09. The summed E-state index contributed by atoms with van der Waals surface area (Å²) in [4.78, 5) is 14.4. The minimum Gasteiger partial charge on any atom is -0.445 e. The second-order valence-corrected chi connectivity index (χ2v) is 8.18. The van der Waals surface area contributed by atoms with Gasteiger partial charge >= 0.3 is 6.09 Å². The summed E-state index contributed by atoms with van der Waals surface area (Å²) >= 11 is 3.47. The van der Waals surface area contributed by atoms with Crippen LogP contribution in [0.3, 0.4) is 0 Å². The molecule has 0 aromatic heterocycles. The molecule has 0 radical (unpaired) electrons. The molecule has 0 spiro atoms. The van der Waals surface area contributed by atoms with Gasteiger partial charge in [-0.05, 0) is 44.1 Å². The molecule has 0 atom stereocenters. The summed E-state index contributed by atoms with van der Waals surface area (Å²) in [5.74, 6) is 0. The fourth-order valence-corrected chi connectivity index (χ4v) is 4.03. The number of benzene rings is 1. The number of ether oxygens (including phenoxy) is 2. The van der Waals surface area contributed by atoms with E-state index < -0.39 is 0 Å². The Kier molecular flexibility index (Phi) is 11.3. The Morgan fingerprint density at radius 3 is 2.50 bits per heavy atom. The number of hydrogen-bond acceptors (Lipinski definition) is 3. The number of amides is 1. The minimum atomic E-state index is -0.250. The van der Waals surface area contributed by atoms with Crippen LogP contribution in [-0.2, 0) is 16.1 Å². The molecule has 1 aromatic rings. The minimum absolute atomic E-state index is 0.208. The van der Waals surface area contributed by atoms with Crippen molar-refractivity contribution in [3.63, 3.8) is 0 Å². The Balaban J connectivity index is 1.71. The predicted molar refractivity (Wildman–Crippen MR) is 118 cm³/mol. The van der Waals surface area contributed by atoms with E-state index >= 15 is 0 Å². The van der Waals surface area contributed by atoms with Gasteiger partial charge < -0.3 is 14.4 Å². The second kappa shape index (κ2) is 13.8. The number of alkyl halides is 1. The van der Waals surface area contributed by atoms with E-state index in [-0.39, 0.29) is 12.1 Å². The van der Waals surface area contributed by atoms with E-state index in [4.69, 9.17) is 9.47 Å². The Hall–Kier alpha value is -1.33. The molecule has 0 N–H and O–H groups in total. The van der Waals surface area contributed by atoms with Crippen LogP contribution in [0.15, 0.2) is 43.0 Å². The maximum Gasteiger partial charge on any atom is 0.410 e. The third-order valence-corrected chi connectivity index (χ3v) is 5.79. The highest BCUT2D eigenvalue weighted by atomic mass is 79.9. The number of carbonyl (C=O) groups is 1. The lowest BCUT2D eigenvalue weighted by Gasteiger charge is -2.35. The molecule has 28 heavy (non-hydrogen) atoms. The molecule has 2 rings (SSSR count). The smallest absolute Gasteiger partial charge is 0.410 e. The van der Waals surface area contributed by atoms with E-state index in [0.29, 0.717) is 19.3 Å². The molecule has 1 aliphatic rings. The topological polar surface area (TPSA) is 38.8 Å². The molecule has 0 aliphatic heterocycles. The van der Waals surface area contributed by atoms with Crippen molar-refractivity contribution in [1.29, 1.82) is 0 Å². The van der Waals surface area contributed by atoms with E-state index in [2.05, 4.69) is 22.5 Å². The predicted octanol–water partition coefficient (Wildman–Crippen LogP) is 6.09. The van der Waals surface area contributed by atoms with Gasteiger partial charge in [-0.1, -0.05) is 65.2 Å². The molecule has 0 saturated heterocycles. The van der Waals surface area contributed by atoms with Gasteiger partial charge in [0.1, 0.15) is 6.61 Å². The summed E-state index contributed by atoms with van der Waals surface area (Å²) in [7, 11) is 0. The third kappa shape index (κ3) is 8.36. The number of halogens is 1. The van der Waals surface area contributed by atoms with E-state index in [9.17, 15) is 4.79 Å². The maximum absolute atomic E-state index is 12.6. The van der Waals surface area contributed by atoms with Crippen molar-refractivity contribution in [2.24, 2.45) is 0 Å². The van der Waals surface area contributed by atoms with Crippen molar-refractivity contribution in [3.8, 4) is 0 Å². The summed E-state index contributed by atoms with van der Waals surface area (Å²) in [5.41, 5.74) is 1.00. The van der Waals surface area contributed by atoms with Gasteiger partial charge in [0.15, 0.2) is 0 Å². The molecule has 1 aliphatic carbocycles. The largest absolute Gasteiger partial charge is 0.445 e. The van der Waals surface area contributed by atoms with Crippen molar-refractivity contribution in [1.82, 2.24) is 4.90 Å². The molecule has 4 nitrogen and oxygen atoms in total. The van der Waals surface area contributed by atoms with Crippen LogP contribution in [0.25, 0.3) is 0 Å². The number of rotatable bonds is 12. The molecular formula is C23H34BrNO3. The first kappa shape index (κ1) is 23.0. The molecule has 1 amide bonds. The normalized spacial score (nSPS) is 19.2. The van der Waals surface area contributed by atoms with Crippen LogP contribution in [0.4, 0.5) is 4.79 Å². The molecular weight excluding hydrogens is 418 g/mol. The number of hydrogen-bond donors (Lipinski definition) is 0. The van der Waals surface area contributed by atoms with Crippen LogP contribution < -0.4 is 0 Å². The lowest BCUT2D eigenvalue weighted by Crippen LogP contribution is -2.43. The fourth-order valence-electron chi connectivity index (χ4n) is 3.64. The summed E-state index contributed by atoms with van der Waals surface area (Å²) in [6.07, 6.45) is 10.7. The van der Waals surface area contributed by atoms with Crippen LogP contribution >= 0.6 is 15.9 Å². The average Bonchev–Trinajstić information content (AvgIpc) is 2.74. The highest BCUT2D eigenvalue weighted by Gasteiger charge is 2.29. The highest BCUT2D eigenvalue weighted by Crippen LogP contribution is 2.26. The number of carbonyl (C=O) groups excluding carboxylic acids is 1. The van der Waals surface area contributed by atoms with E-state index in [1.54, 1.807) is 6.08 Å². The van der Waals surface area contributed by atoms with Crippen molar-refractivity contribution in [3.05, 3.63) is 48.6 Å².